The zero-order valence-electron chi connectivity index (χ0n) is 15.8. The molecule has 0 bridgehead atoms. The molecule has 0 aliphatic carbocycles. The van der Waals surface area contributed by atoms with Crippen molar-refractivity contribution >= 4 is 17.0 Å². The molecule has 0 fully saturated rings. The van der Waals surface area contributed by atoms with Crippen molar-refractivity contribution in [2.45, 2.75) is 40.2 Å². The molecule has 1 amide bonds. The van der Waals surface area contributed by atoms with Gasteiger partial charge in [0.2, 0.25) is 0 Å². The van der Waals surface area contributed by atoms with Gasteiger partial charge in [-0.2, -0.15) is 0 Å². The Balaban J connectivity index is 1.98. The number of hydrogen-bond acceptors (Lipinski definition) is 3. The predicted molar refractivity (Wildman–Crippen MR) is 101 cm³/mol. The highest BCUT2D eigenvalue weighted by atomic mass is 16.6. The lowest BCUT2D eigenvalue weighted by atomic mass is 9.96. The molecular weight excluding hydrogens is 316 g/mol. The van der Waals surface area contributed by atoms with Crippen molar-refractivity contribution in [3.8, 4) is 0 Å². The van der Waals surface area contributed by atoms with Crippen molar-refractivity contribution in [2.75, 3.05) is 26.8 Å². The van der Waals surface area contributed by atoms with Crippen LogP contribution in [0.2, 0.25) is 0 Å². The van der Waals surface area contributed by atoms with E-state index >= 15 is 0 Å². The number of carbonyl (C=O) groups is 1. The molecule has 5 nitrogen and oxygen atoms in total. The van der Waals surface area contributed by atoms with Gasteiger partial charge in [-0.1, -0.05) is 39.0 Å². The lowest BCUT2D eigenvalue weighted by molar-refractivity contribution is 0.0966. The molecule has 2 aromatic rings. The standard InChI is InChI=1S/C20H30N2O3/c1-20(2,3)15-21(4)19(24)25-13-11-22-14-16(8-7-12-23)17-9-5-6-10-18(17)22/h5-6,9-10,14,23H,7-8,11-13,15H2,1-4H3. The average Bonchev–Trinajstić information content (AvgIpc) is 2.89. The third-order valence-electron chi connectivity index (χ3n) is 4.06. The quantitative estimate of drug-likeness (QED) is 0.832. The maximum Gasteiger partial charge on any atom is 0.409 e. The highest BCUT2D eigenvalue weighted by Crippen LogP contribution is 2.22. The minimum Gasteiger partial charge on any atom is -0.448 e. The van der Waals surface area contributed by atoms with E-state index in [0.29, 0.717) is 19.7 Å². The van der Waals surface area contributed by atoms with Crippen molar-refractivity contribution in [3.05, 3.63) is 36.0 Å². The van der Waals surface area contributed by atoms with E-state index in [2.05, 4.69) is 43.7 Å². The maximum atomic E-state index is 12.1. The van der Waals surface area contributed by atoms with Gasteiger partial charge in [0.05, 0.1) is 6.54 Å². The Morgan fingerprint density at radius 2 is 2.00 bits per heavy atom. The molecule has 0 saturated heterocycles. The van der Waals surface area contributed by atoms with E-state index < -0.39 is 0 Å². The summed E-state index contributed by atoms with van der Waals surface area (Å²) in [5.41, 5.74) is 2.40. The zero-order chi connectivity index (χ0) is 18.4. The van der Waals surface area contributed by atoms with Gasteiger partial charge in [-0.3, -0.25) is 0 Å². The first-order valence-electron chi connectivity index (χ1n) is 8.87. The van der Waals surface area contributed by atoms with Crippen LogP contribution >= 0.6 is 0 Å². The fraction of sp³-hybridized carbons (Fsp3) is 0.550. The number of aromatic nitrogens is 1. The molecule has 0 atom stereocenters. The lowest BCUT2D eigenvalue weighted by Gasteiger charge is -2.26. The first-order chi connectivity index (χ1) is 11.8. The molecule has 0 unspecified atom stereocenters. The highest BCUT2D eigenvalue weighted by molar-refractivity contribution is 5.84. The van der Waals surface area contributed by atoms with Crippen LogP contribution in [0.15, 0.2) is 30.5 Å². The van der Waals surface area contributed by atoms with Gasteiger partial charge in [0.25, 0.3) is 0 Å². The smallest absolute Gasteiger partial charge is 0.409 e. The number of fused-ring (bicyclic) bond motifs is 1. The summed E-state index contributed by atoms with van der Waals surface area (Å²) >= 11 is 0. The number of rotatable bonds is 7. The summed E-state index contributed by atoms with van der Waals surface area (Å²) in [6, 6.07) is 8.21. The van der Waals surface area contributed by atoms with Gasteiger partial charge in [0, 0.05) is 37.3 Å². The SMILES string of the molecule is CN(CC(C)(C)C)C(=O)OCCn1cc(CCCO)c2ccccc21. The van der Waals surface area contributed by atoms with Crippen LogP contribution in [-0.4, -0.2) is 47.5 Å². The van der Waals surface area contributed by atoms with Gasteiger partial charge in [-0.15, -0.1) is 0 Å². The summed E-state index contributed by atoms with van der Waals surface area (Å²) < 4.78 is 7.54. The molecule has 0 radical (unpaired) electrons. The number of nitrogens with zero attached hydrogens (tertiary/aromatic N) is 2. The number of aliphatic hydroxyl groups excluding tert-OH is 1. The number of aliphatic hydroxyl groups is 1. The first kappa shape index (κ1) is 19.3. The van der Waals surface area contributed by atoms with E-state index in [4.69, 9.17) is 9.84 Å². The number of benzene rings is 1. The third-order valence-corrected chi connectivity index (χ3v) is 4.06. The molecular formula is C20H30N2O3. The predicted octanol–water partition coefficient (Wildman–Crippen LogP) is 3.68. The molecule has 1 heterocycles. The summed E-state index contributed by atoms with van der Waals surface area (Å²) in [6.07, 6.45) is 3.41. The Labute approximate surface area is 150 Å². The molecule has 25 heavy (non-hydrogen) atoms. The van der Waals surface area contributed by atoms with Gasteiger partial charge >= 0.3 is 6.09 Å². The summed E-state index contributed by atoms with van der Waals surface area (Å²) in [5, 5.41) is 10.3. The third kappa shape index (κ3) is 5.49. The van der Waals surface area contributed by atoms with E-state index in [-0.39, 0.29) is 18.1 Å². The minimum atomic E-state index is -0.285. The second kappa shape index (κ2) is 8.39. The number of para-hydroxylation sites is 1. The second-order valence-corrected chi connectivity index (χ2v) is 7.72. The van der Waals surface area contributed by atoms with Crippen LogP contribution in [0.5, 0.6) is 0 Å². The summed E-state index contributed by atoms with van der Waals surface area (Å²) in [7, 11) is 1.77. The molecule has 2 rings (SSSR count). The first-order valence-corrected chi connectivity index (χ1v) is 8.87. The normalized spacial score (nSPS) is 11.7. The molecule has 5 heteroatoms. The Morgan fingerprint density at radius 1 is 1.28 bits per heavy atom. The van der Waals surface area contributed by atoms with E-state index in [9.17, 15) is 4.79 Å². The Morgan fingerprint density at radius 3 is 2.68 bits per heavy atom. The van der Waals surface area contributed by atoms with Gasteiger partial charge < -0.3 is 19.3 Å². The topological polar surface area (TPSA) is 54.7 Å². The minimum absolute atomic E-state index is 0.0476. The van der Waals surface area contributed by atoms with Gasteiger partial charge in [0.1, 0.15) is 6.61 Å². The second-order valence-electron chi connectivity index (χ2n) is 7.72. The Bertz CT molecular complexity index is 701. The van der Waals surface area contributed by atoms with Crippen molar-refractivity contribution in [1.82, 2.24) is 9.47 Å². The van der Waals surface area contributed by atoms with Gasteiger partial charge in [-0.25, -0.2) is 4.79 Å². The number of amides is 1. The summed E-state index contributed by atoms with van der Waals surface area (Å²) in [6.45, 7) is 8.09. The summed E-state index contributed by atoms with van der Waals surface area (Å²) in [5.74, 6) is 0. The van der Waals surface area contributed by atoms with Gasteiger partial charge in [0.15, 0.2) is 0 Å². The fourth-order valence-corrected chi connectivity index (χ4v) is 3.09. The zero-order valence-corrected chi connectivity index (χ0v) is 15.8. The van der Waals surface area contributed by atoms with Crippen molar-refractivity contribution in [1.29, 1.82) is 0 Å². The fourth-order valence-electron chi connectivity index (χ4n) is 3.09. The number of hydrogen-bond donors (Lipinski definition) is 1. The van der Waals surface area contributed by atoms with Crippen LogP contribution in [0, 0.1) is 5.41 Å². The van der Waals surface area contributed by atoms with Crippen molar-refractivity contribution in [2.24, 2.45) is 5.41 Å². The largest absolute Gasteiger partial charge is 0.448 e. The van der Waals surface area contributed by atoms with Crippen LogP contribution in [0.1, 0.15) is 32.8 Å². The molecule has 0 spiro atoms. The molecule has 0 saturated carbocycles. The van der Waals surface area contributed by atoms with Crippen LogP contribution in [0.3, 0.4) is 0 Å². The van der Waals surface area contributed by atoms with E-state index in [0.717, 1.165) is 18.4 Å². The molecule has 1 aromatic carbocycles. The van der Waals surface area contributed by atoms with Crippen LogP contribution in [0.4, 0.5) is 4.79 Å². The summed E-state index contributed by atoms with van der Waals surface area (Å²) in [4.78, 5) is 13.7. The van der Waals surface area contributed by atoms with E-state index in [1.807, 2.05) is 12.1 Å². The highest BCUT2D eigenvalue weighted by Gasteiger charge is 2.18. The number of ether oxygens (including phenoxy) is 1. The maximum absolute atomic E-state index is 12.1. The number of aryl methyl sites for hydroxylation is 1. The molecule has 1 aromatic heterocycles. The monoisotopic (exact) mass is 346 g/mol. The Kier molecular flexibility index (Phi) is 6.48. The van der Waals surface area contributed by atoms with E-state index in [1.165, 1.54) is 10.9 Å². The van der Waals surface area contributed by atoms with E-state index in [1.54, 1.807) is 11.9 Å². The van der Waals surface area contributed by atoms with Crippen LogP contribution < -0.4 is 0 Å². The van der Waals surface area contributed by atoms with Gasteiger partial charge in [-0.05, 0) is 29.9 Å². The Hall–Kier alpha value is -2.01. The lowest BCUT2D eigenvalue weighted by Crippen LogP contribution is -2.35. The number of carbonyl (C=O) groups excluding carboxylic acids is 1. The molecule has 138 valence electrons. The van der Waals surface area contributed by atoms with Crippen molar-refractivity contribution < 1.29 is 14.6 Å². The molecule has 0 aliphatic heterocycles. The van der Waals surface area contributed by atoms with Crippen LogP contribution in [-0.2, 0) is 17.7 Å². The van der Waals surface area contributed by atoms with Crippen molar-refractivity contribution in [3.63, 3.8) is 0 Å². The average molecular weight is 346 g/mol. The van der Waals surface area contributed by atoms with Crippen LogP contribution in [0.25, 0.3) is 10.9 Å². The molecule has 0 aliphatic rings. The molecule has 1 N–H and O–H groups in total.